The Kier molecular flexibility index (Phi) is 3.73. The van der Waals surface area contributed by atoms with Gasteiger partial charge in [-0.2, -0.15) is 0 Å². The van der Waals surface area contributed by atoms with Gasteiger partial charge in [-0.05, 0) is 6.07 Å². The zero-order chi connectivity index (χ0) is 13.2. The molecule has 0 bridgehead atoms. The first-order valence-corrected chi connectivity index (χ1v) is 7.42. The van der Waals surface area contributed by atoms with Crippen LogP contribution >= 0.6 is 34.5 Å². The highest BCUT2D eigenvalue weighted by Crippen LogP contribution is 2.38. The molecule has 0 unspecified atom stereocenters. The minimum Gasteiger partial charge on any atom is -0.486 e. The Morgan fingerprint density at radius 2 is 1.84 bits per heavy atom. The summed E-state index contributed by atoms with van der Waals surface area (Å²) in [6.45, 7) is 1.80. The van der Waals surface area contributed by atoms with Crippen LogP contribution in [0.3, 0.4) is 0 Å². The lowest BCUT2D eigenvalue weighted by atomic mass is 10.2. The molecule has 1 N–H and O–H groups in total. The van der Waals surface area contributed by atoms with E-state index in [1.165, 1.54) is 0 Å². The monoisotopic (exact) mass is 315 g/mol. The van der Waals surface area contributed by atoms with Gasteiger partial charge in [-0.15, -0.1) is 11.3 Å². The van der Waals surface area contributed by atoms with Crippen LogP contribution in [0.15, 0.2) is 23.6 Å². The number of fused-ring (bicyclic) bond motifs is 1. The second-order valence-corrected chi connectivity index (χ2v) is 5.90. The highest BCUT2D eigenvalue weighted by molar-refractivity contribution is 7.10. The Hall–Kier alpha value is -1.10. The lowest BCUT2D eigenvalue weighted by Crippen LogP contribution is -2.15. The molecular formula is C13H11Cl2NO2S. The van der Waals surface area contributed by atoms with Crippen molar-refractivity contribution in [3.05, 3.63) is 38.5 Å². The van der Waals surface area contributed by atoms with E-state index in [4.69, 9.17) is 32.7 Å². The summed E-state index contributed by atoms with van der Waals surface area (Å²) in [5.41, 5.74) is 0.829. The molecular weight excluding hydrogens is 305 g/mol. The Morgan fingerprint density at radius 3 is 2.53 bits per heavy atom. The van der Waals surface area contributed by atoms with E-state index < -0.39 is 0 Å². The van der Waals surface area contributed by atoms with Gasteiger partial charge in [0.05, 0.1) is 15.7 Å². The Balaban J connectivity index is 1.77. The van der Waals surface area contributed by atoms with Crippen molar-refractivity contribution in [2.75, 3.05) is 18.5 Å². The predicted octanol–water partition coefficient (Wildman–Crippen LogP) is 4.44. The van der Waals surface area contributed by atoms with Gasteiger partial charge in [-0.3, -0.25) is 0 Å². The summed E-state index contributed by atoms with van der Waals surface area (Å²) in [5.74, 6) is 1.42. The van der Waals surface area contributed by atoms with Crippen molar-refractivity contribution in [3.8, 4) is 11.5 Å². The molecule has 19 heavy (non-hydrogen) atoms. The van der Waals surface area contributed by atoms with Crippen LogP contribution in [0.5, 0.6) is 11.5 Å². The van der Waals surface area contributed by atoms with E-state index in [9.17, 15) is 0 Å². The third-order valence-electron chi connectivity index (χ3n) is 2.71. The third kappa shape index (κ3) is 2.91. The molecule has 100 valence electrons. The molecule has 0 saturated heterocycles. The van der Waals surface area contributed by atoms with Gasteiger partial charge in [0, 0.05) is 28.9 Å². The Bertz CT molecular complexity index is 600. The number of nitrogens with one attached hydrogen (secondary N) is 1. The topological polar surface area (TPSA) is 30.5 Å². The fourth-order valence-electron chi connectivity index (χ4n) is 1.83. The molecule has 0 atom stereocenters. The van der Waals surface area contributed by atoms with Crippen LogP contribution in [0, 0.1) is 0 Å². The first kappa shape index (κ1) is 12.9. The molecule has 1 aliphatic rings. The van der Waals surface area contributed by atoms with Gasteiger partial charge < -0.3 is 14.8 Å². The highest BCUT2D eigenvalue weighted by Gasteiger charge is 2.15. The normalized spacial score (nSPS) is 13.4. The Morgan fingerprint density at radius 1 is 1.11 bits per heavy atom. The van der Waals surface area contributed by atoms with E-state index in [-0.39, 0.29) is 0 Å². The predicted molar refractivity (Wildman–Crippen MR) is 79.1 cm³/mol. The number of hydrogen-bond donors (Lipinski definition) is 1. The maximum Gasteiger partial charge on any atom is 0.163 e. The zero-order valence-corrected chi connectivity index (χ0v) is 12.2. The van der Waals surface area contributed by atoms with Crippen LogP contribution in [0.1, 0.15) is 4.88 Å². The third-order valence-corrected chi connectivity index (χ3v) is 4.30. The molecule has 0 amide bonds. The number of rotatable bonds is 3. The second-order valence-electron chi connectivity index (χ2n) is 4.06. The van der Waals surface area contributed by atoms with Crippen molar-refractivity contribution < 1.29 is 9.47 Å². The summed E-state index contributed by atoms with van der Waals surface area (Å²) in [7, 11) is 0. The van der Waals surface area contributed by atoms with Crippen molar-refractivity contribution in [2.45, 2.75) is 6.54 Å². The van der Waals surface area contributed by atoms with Gasteiger partial charge in [0.1, 0.15) is 13.2 Å². The molecule has 2 aromatic rings. The van der Waals surface area contributed by atoms with Gasteiger partial charge in [-0.1, -0.05) is 23.2 Å². The van der Waals surface area contributed by atoms with Gasteiger partial charge in [0.2, 0.25) is 0 Å². The van der Waals surface area contributed by atoms with E-state index in [1.54, 1.807) is 17.4 Å². The van der Waals surface area contributed by atoms with Gasteiger partial charge in [0.25, 0.3) is 0 Å². The van der Waals surface area contributed by atoms with Crippen molar-refractivity contribution in [2.24, 2.45) is 0 Å². The molecule has 0 aliphatic carbocycles. The average molecular weight is 316 g/mol. The van der Waals surface area contributed by atoms with Crippen LogP contribution in [-0.4, -0.2) is 13.2 Å². The van der Waals surface area contributed by atoms with E-state index in [0.717, 1.165) is 21.3 Å². The van der Waals surface area contributed by atoms with Crippen molar-refractivity contribution in [1.82, 2.24) is 0 Å². The van der Waals surface area contributed by atoms with Crippen molar-refractivity contribution >= 4 is 40.2 Å². The van der Waals surface area contributed by atoms with E-state index >= 15 is 0 Å². The fourth-order valence-corrected chi connectivity index (χ4v) is 3.06. The molecule has 1 aromatic carbocycles. The standard InChI is InChI=1S/C13H11Cl2NO2S/c14-8-3-9(19-7-8)6-16-11-5-13-12(4-10(11)15)17-1-2-18-13/h3-5,7,16H,1-2,6H2. The lowest BCUT2D eigenvalue weighted by Gasteiger charge is -2.20. The number of anilines is 1. The van der Waals surface area contributed by atoms with E-state index in [1.807, 2.05) is 17.5 Å². The summed E-state index contributed by atoms with van der Waals surface area (Å²) >= 11 is 13.7. The van der Waals surface area contributed by atoms with Crippen LogP contribution in [0.2, 0.25) is 10.0 Å². The number of thiophene rings is 1. The maximum atomic E-state index is 6.21. The fraction of sp³-hybridized carbons (Fsp3) is 0.231. The molecule has 1 aromatic heterocycles. The largest absolute Gasteiger partial charge is 0.486 e. The smallest absolute Gasteiger partial charge is 0.163 e. The first-order chi connectivity index (χ1) is 9.22. The van der Waals surface area contributed by atoms with Gasteiger partial charge >= 0.3 is 0 Å². The number of hydrogen-bond acceptors (Lipinski definition) is 4. The number of ether oxygens (including phenoxy) is 2. The summed E-state index contributed by atoms with van der Waals surface area (Å²) in [6.07, 6.45) is 0. The second kappa shape index (κ2) is 5.49. The van der Waals surface area contributed by atoms with Gasteiger partial charge in [0.15, 0.2) is 11.5 Å². The summed E-state index contributed by atoms with van der Waals surface area (Å²) in [5, 5.41) is 6.56. The summed E-state index contributed by atoms with van der Waals surface area (Å²) in [4.78, 5) is 1.15. The molecule has 3 nitrogen and oxygen atoms in total. The van der Waals surface area contributed by atoms with E-state index in [2.05, 4.69) is 5.32 Å². The average Bonchev–Trinajstić information content (AvgIpc) is 2.82. The van der Waals surface area contributed by atoms with Crippen LogP contribution < -0.4 is 14.8 Å². The summed E-state index contributed by atoms with van der Waals surface area (Å²) < 4.78 is 11.0. The zero-order valence-electron chi connectivity index (χ0n) is 9.91. The van der Waals surface area contributed by atoms with Crippen molar-refractivity contribution in [3.63, 3.8) is 0 Å². The lowest BCUT2D eigenvalue weighted by molar-refractivity contribution is 0.171. The number of benzene rings is 1. The minimum atomic E-state index is 0.559. The maximum absolute atomic E-state index is 6.21. The molecule has 0 saturated carbocycles. The molecule has 3 rings (SSSR count). The number of halogens is 2. The quantitative estimate of drug-likeness (QED) is 0.908. The molecule has 6 heteroatoms. The molecule has 0 radical (unpaired) electrons. The van der Waals surface area contributed by atoms with Gasteiger partial charge in [-0.25, -0.2) is 0 Å². The minimum absolute atomic E-state index is 0.559. The van der Waals surface area contributed by atoms with Crippen molar-refractivity contribution in [1.29, 1.82) is 0 Å². The molecule has 0 spiro atoms. The van der Waals surface area contributed by atoms with Crippen LogP contribution in [0.4, 0.5) is 5.69 Å². The highest BCUT2D eigenvalue weighted by atomic mass is 35.5. The summed E-state index contributed by atoms with van der Waals surface area (Å²) in [6, 6.07) is 5.58. The van der Waals surface area contributed by atoms with Crippen LogP contribution in [0.25, 0.3) is 0 Å². The first-order valence-electron chi connectivity index (χ1n) is 5.78. The molecule has 2 heterocycles. The molecule has 0 fully saturated rings. The SMILES string of the molecule is Clc1csc(CNc2cc3c(cc2Cl)OCCO3)c1. The van der Waals surface area contributed by atoms with Crippen LogP contribution in [-0.2, 0) is 6.54 Å². The Labute approximate surface area is 125 Å². The molecule has 1 aliphatic heterocycles. The van der Waals surface area contributed by atoms with E-state index in [0.29, 0.717) is 30.5 Å².